The van der Waals surface area contributed by atoms with Gasteiger partial charge in [0.25, 0.3) is 0 Å². The molecule has 0 radical (unpaired) electrons. The smallest absolute Gasteiger partial charge is 0.150 e. The topological polar surface area (TPSA) is 47.1 Å². The zero-order valence-corrected chi connectivity index (χ0v) is 13.2. The van der Waals surface area contributed by atoms with Crippen LogP contribution in [0.15, 0.2) is 22.9 Å². The minimum Gasteiger partial charge on any atom is -0.465 e. The van der Waals surface area contributed by atoms with Crippen LogP contribution >= 0.6 is 0 Å². The number of nitrogens with zero attached hydrogens (tertiary/aromatic N) is 4. The van der Waals surface area contributed by atoms with Gasteiger partial charge in [0.2, 0.25) is 0 Å². The Labute approximate surface area is 131 Å². The van der Waals surface area contributed by atoms with E-state index in [1.54, 1.807) is 0 Å². The molecule has 1 saturated carbocycles. The molecule has 2 aromatic heterocycles. The second kappa shape index (κ2) is 5.88. The van der Waals surface area contributed by atoms with Crippen LogP contribution in [0.3, 0.4) is 0 Å². The van der Waals surface area contributed by atoms with Gasteiger partial charge in [0.05, 0.1) is 12.6 Å². The van der Waals surface area contributed by atoms with Crippen LogP contribution in [0, 0.1) is 12.8 Å². The third-order valence-electron chi connectivity index (χ3n) is 4.86. The molecule has 0 aromatic carbocycles. The molecule has 0 N–H and O–H groups in total. The van der Waals surface area contributed by atoms with Crippen LogP contribution in [0.1, 0.15) is 55.5 Å². The molecule has 5 nitrogen and oxygen atoms in total. The Morgan fingerprint density at radius 3 is 2.91 bits per heavy atom. The van der Waals surface area contributed by atoms with Crippen molar-refractivity contribution in [1.29, 1.82) is 0 Å². The first kappa shape index (κ1) is 14.0. The zero-order valence-electron chi connectivity index (χ0n) is 13.2. The first-order valence-electron chi connectivity index (χ1n) is 8.46. The van der Waals surface area contributed by atoms with E-state index in [9.17, 15) is 0 Å². The van der Waals surface area contributed by atoms with E-state index in [1.807, 2.05) is 19.3 Å². The lowest BCUT2D eigenvalue weighted by Crippen LogP contribution is -2.34. The molecule has 22 heavy (non-hydrogen) atoms. The minimum atomic E-state index is 0.375. The number of aryl methyl sites for hydroxylation is 1. The highest BCUT2D eigenvalue weighted by Gasteiger charge is 2.30. The first-order chi connectivity index (χ1) is 10.8. The largest absolute Gasteiger partial charge is 0.465 e. The second-order valence-electron chi connectivity index (χ2n) is 6.78. The summed E-state index contributed by atoms with van der Waals surface area (Å²) in [6, 6.07) is 4.51. The summed E-state index contributed by atoms with van der Waals surface area (Å²) >= 11 is 0. The van der Waals surface area contributed by atoms with Gasteiger partial charge in [-0.05, 0) is 57.2 Å². The van der Waals surface area contributed by atoms with Crippen molar-refractivity contribution in [3.63, 3.8) is 0 Å². The van der Waals surface area contributed by atoms with Gasteiger partial charge in [-0.1, -0.05) is 6.42 Å². The number of furan rings is 1. The highest BCUT2D eigenvalue weighted by Crippen LogP contribution is 2.34. The van der Waals surface area contributed by atoms with E-state index in [0.717, 1.165) is 42.9 Å². The Balaban J connectivity index is 1.53. The monoisotopic (exact) mass is 300 g/mol. The molecule has 1 aliphatic carbocycles. The molecule has 118 valence electrons. The third kappa shape index (κ3) is 2.95. The van der Waals surface area contributed by atoms with Gasteiger partial charge >= 0.3 is 0 Å². The highest BCUT2D eigenvalue weighted by atomic mass is 16.3. The van der Waals surface area contributed by atoms with Crippen LogP contribution in [-0.2, 0) is 13.1 Å². The average Bonchev–Trinajstić information content (AvgIpc) is 3.05. The summed E-state index contributed by atoms with van der Waals surface area (Å²) in [6.45, 7) is 5.07. The Morgan fingerprint density at radius 1 is 1.23 bits per heavy atom. The number of piperidine rings is 1. The van der Waals surface area contributed by atoms with Gasteiger partial charge in [0, 0.05) is 6.54 Å². The van der Waals surface area contributed by atoms with E-state index >= 15 is 0 Å². The van der Waals surface area contributed by atoms with Gasteiger partial charge in [-0.3, -0.25) is 4.90 Å². The maximum absolute atomic E-state index is 5.77. The summed E-state index contributed by atoms with van der Waals surface area (Å²) in [4.78, 5) is 2.51. The van der Waals surface area contributed by atoms with E-state index in [1.165, 1.54) is 32.1 Å². The minimum absolute atomic E-state index is 0.375. The maximum Gasteiger partial charge on any atom is 0.150 e. The fraction of sp³-hybridized carbons (Fsp3) is 0.647. The van der Waals surface area contributed by atoms with Crippen LogP contribution in [0.4, 0.5) is 0 Å². The molecule has 0 amide bonds. The lowest BCUT2D eigenvalue weighted by atomic mass is 10.0. The van der Waals surface area contributed by atoms with Crippen LogP contribution in [0.5, 0.6) is 0 Å². The van der Waals surface area contributed by atoms with Crippen LogP contribution in [-0.4, -0.2) is 26.2 Å². The highest BCUT2D eigenvalue weighted by molar-refractivity contribution is 5.07. The summed E-state index contributed by atoms with van der Waals surface area (Å²) in [7, 11) is 0. The summed E-state index contributed by atoms with van der Waals surface area (Å²) in [5.41, 5.74) is 0. The molecule has 1 aliphatic heterocycles. The maximum atomic E-state index is 5.77. The fourth-order valence-electron chi connectivity index (χ4n) is 3.48. The molecular weight excluding hydrogens is 276 g/mol. The number of hydrogen-bond acceptors (Lipinski definition) is 4. The van der Waals surface area contributed by atoms with Crippen molar-refractivity contribution in [1.82, 2.24) is 19.7 Å². The Hall–Kier alpha value is -1.62. The van der Waals surface area contributed by atoms with Crippen molar-refractivity contribution in [3.8, 4) is 0 Å². The molecule has 1 saturated heterocycles. The van der Waals surface area contributed by atoms with Gasteiger partial charge in [-0.2, -0.15) is 0 Å². The van der Waals surface area contributed by atoms with Crippen molar-refractivity contribution < 1.29 is 4.42 Å². The van der Waals surface area contributed by atoms with E-state index in [2.05, 4.69) is 25.7 Å². The summed E-state index contributed by atoms with van der Waals surface area (Å²) in [5.74, 6) is 4.03. The Bertz CT molecular complexity index is 628. The average molecular weight is 300 g/mol. The van der Waals surface area contributed by atoms with Crippen LogP contribution < -0.4 is 0 Å². The predicted octanol–water partition coefficient (Wildman–Crippen LogP) is 3.32. The third-order valence-corrected chi connectivity index (χ3v) is 4.86. The summed E-state index contributed by atoms with van der Waals surface area (Å²) < 4.78 is 8.06. The number of hydrogen-bond donors (Lipinski definition) is 0. The molecular formula is C17H24N4O. The standard InChI is InChI=1S/C17H24N4O/c1-13-5-8-15(22-13)11-20-9-3-2-4-16(20)17-19-18-12-21(17)10-14-6-7-14/h5,8,12,14,16H,2-4,6-7,9-11H2,1H3. The van der Waals surface area contributed by atoms with Crippen molar-refractivity contribution >= 4 is 0 Å². The number of aromatic nitrogens is 3. The van der Waals surface area contributed by atoms with Gasteiger partial charge in [-0.15, -0.1) is 10.2 Å². The molecule has 1 unspecified atom stereocenters. The Morgan fingerprint density at radius 2 is 2.14 bits per heavy atom. The molecule has 5 heteroatoms. The molecule has 0 spiro atoms. The molecule has 3 heterocycles. The van der Waals surface area contributed by atoms with Gasteiger partial charge in [0.15, 0.2) is 0 Å². The van der Waals surface area contributed by atoms with Crippen LogP contribution in [0.2, 0.25) is 0 Å². The normalized spacial score (nSPS) is 23.0. The second-order valence-corrected chi connectivity index (χ2v) is 6.78. The van der Waals surface area contributed by atoms with Gasteiger partial charge in [-0.25, -0.2) is 0 Å². The summed E-state index contributed by atoms with van der Waals surface area (Å²) in [6.07, 6.45) is 8.33. The van der Waals surface area contributed by atoms with Crippen molar-refractivity contribution in [2.24, 2.45) is 5.92 Å². The lowest BCUT2D eigenvalue weighted by molar-refractivity contribution is 0.120. The number of rotatable bonds is 5. The van der Waals surface area contributed by atoms with Crippen LogP contribution in [0.25, 0.3) is 0 Å². The quantitative estimate of drug-likeness (QED) is 0.850. The molecule has 2 aromatic rings. The molecule has 2 aliphatic rings. The molecule has 4 rings (SSSR count). The van der Waals surface area contributed by atoms with E-state index in [-0.39, 0.29) is 0 Å². The molecule has 0 bridgehead atoms. The van der Waals surface area contributed by atoms with Gasteiger partial charge in [0.1, 0.15) is 23.7 Å². The first-order valence-corrected chi connectivity index (χ1v) is 8.46. The fourth-order valence-corrected chi connectivity index (χ4v) is 3.48. The number of likely N-dealkylation sites (tertiary alicyclic amines) is 1. The molecule has 2 fully saturated rings. The van der Waals surface area contributed by atoms with Crippen molar-refractivity contribution in [2.45, 2.75) is 58.2 Å². The van der Waals surface area contributed by atoms with E-state index < -0.39 is 0 Å². The van der Waals surface area contributed by atoms with Gasteiger partial charge < -0.3 is 8.98 Å². The van der Waals surface area contributed by atoms with Crippen molar-refractivity contribution in [2.75, 3.05) is 6.54 Å². The van der Waals surface area contributed by atoms with E-state index in [4.69, 9.17) is 4.42 Å². The zero-order chi connectivity index (χ0) is 14.9. The molecule has 1 atom stereocenters. The lowest BCUT2D eigenvalue weighted by Gasteiger charge is -2.34. The van der Waals surface area contributed by atoms with Crippen molar-refractivity contribution in [3.05, 3.63) is 35.8 Å². The Kier molecular flexibility index (Phi) is 3.74. The SMILES string of the molecule is Cc1ccc(CN2CCCCC2c2nncn2CC2CC2)o1. The summed E-state index contributed by atoms with van der Waals surface area (Å²) in [5, 5.41) is 8.65. The predicted molar refractivity (Wildman–Crippen MR) is 83.2 cm³/mol. The van der Waals surface area contributed by atoms with E-state index in [0.29, 0.717) is 6.04 Å².